The van der Waals surface area contributed by atoms with E-state index in [9.17, 15) is 8.42 Å². The Kier molecular flexibility index (Phi) is 5.20. The van der Waals surface area contributed by atoms with Crippen LogP contribution in [0.2, 0.25) is 0 Å². The van der Waals surface area contributed by atoms with Crippen molar-refractivity contribution in [3.8, 4) is 5.75 Å². The monoisotopic (exact) mass is 299 g/mol. The summed E-state index contributed by atoms with van der Waals surface area (Å²) in [6.07, 6.45) is 0. The number of para-hydroxylation sites is 1. The lowest BCUT2D eigenvalue weighted by Crippen LogP contribution is -2.12. The van der Waals surface area contributed by atoms with Crippen LogP contribution in [0.25, 0.3) is 0 Å². The molecule has 2 rings (SSSR count). The van der Waals surface area contributed by atoms with E-state index in [0.29, 0.717) is 17.0 Å². The smallest absolute Gasteiger partial charge is 0.313 e. The van der Waals surface area contributed by atoms with E-state index in [4.69, 9.17) is 9.92 Å². The minimum Gasteiger partial charge on any atom is -0.399 e. The van der Waals surface area contributed by atoms with E-state index < -0.39 is 10.1 Å². The predicted octanol–water partition coefficient (Wildman–Crippen LogP) is 2.60. The van der Waals surface area contributed by atoms with Gasteiger partial charge in [0.15, 0.2) is 0 Å². The highest BCUT2D eigenvalue weighted by molar-refractivity contribution is 7.86. The van der Waals surface area contributed by atoms with E-state index in [1.54, 1.807) is 54.6 Å². The van der Waals surface area contributed by atoms with Gasteiger partial charge in [0.1, 0.15) is 11.5 Å². The minimum absolute atomic E-state index is 0. The van der Waals surface area contributed by atoms with Gasteiger partial charge in [0.2, 0.25) is 0 Å². The van der Waals surface area contributed by atoms with Gasteiger partial charge in [-0.15, -0.1) is 12.4 Å². The molecular formula is C13H14ClNO3S. The first-order chi connectivity index (χ1) is 8.55. The van der Waals surface area contributed by atoms with E-state index in [1.807, 2.05) is 0 Å². The Balaban J connectivity index is 0.00000180. The van der Waals surface area contributed by atoms with Gasteiger partial charge in [0, 0.05) is 5.69 Å². The van der Waals surface area contributed by atoms with Gasteiger partial charge in [0.25, 0.3) is 0 Å². The third-order valence-corrected chi connectivity index (χ3v) is 3.42. The third kappa shape index (κ3) is 4.81. The topological polar surface area (TPSA) is 69.4 Å². The Labute approximate surface area is 118 Å². The molecule has 0 aliphatic heterocycles. The summed E-state index contributed by atoms with van der Waals surface area (Å²) in [5, 5.41) is 0. The molecule has 0 bridgehead atoms. The summed E-state index contributed by atoms with van der Waals surface area (Å²) >= 11 is 0. The zero-order chi connectivity index (χ0) is 13.0. The van der Waals surface area contributed by atoms with Crippen LogP contribution in [0, 0.1) is 0 Å². The van der Waals surface area contributed by atoms with Crippen molar-refractivity contribution in [2.45, 2.75) is 5.75 Å². The van der Waals surface area contributed by atoms with Crippen LogP contribution in [0.15, 0.2) is 54.6 Å². The highest BCUT2D eigenvalue weighted by Crippen LogP contribution is 2.15. The molecule has 0 heterocycles. The van der Waals surface area contributed by atoms with Crippen LogP contribution in [0.5, 0.6) is 5.75 Å². The molecule has 2 aromatic carbocycles. The van der Waals surface area contributed by atoms with Crippen molar-refractivity contribution in [3.05, 3.63) is 60.2 Å². The van der Waals surface area contributed by atoms with Crippen LogP contribution in [0.1, 0.15) is 5.56 Å². The lowest BCUT2D eigenvalue weighted by atomic mass is 10.2. The van der Waals surface area contributed by atoms with E-state index in [1.165, 1.54) is 0 Å². The number of halogens is 1. The van der Waals surface area contributed by atoms with Crippen LogP contribution in [-0.2, 0) is 15.9 Å². The molecule has 0 radical (unpaired) electrons. The molecule has 0 atom stereocenters. The molecule has 0 saturated carbocycles. The van der Waals surface area contributed by atoms with Crippen LogP contribution < -0.4 is 9.92 Å². The summed E-state index contributed by atoms with van der Waals surface area (Å²) in [6, 6.07) is 15.1. The molecule has 0 aliphatic carbocycles. The van der Waals surface area contributed by atoms with Gasteiger partial charge in [-0.3, -0.25) is 0 Å². The van der Waals surface area contributed by atoms with Crippen LogP contribution in [0.3, 0.4) is 0 Å². The predicted molar refractivity (Wildman–Crippen MR) is 77.8 cm³/mol. The van der Waals surface area contributed by atoms with Crippen molar-refractivity contribution in [3.63, 3.8) is 0 Å². The molecule has 0 aromatic heterocycles. The van der Waals surface area contributed by atoms with Crippen LogP contribution >= 0.6 is 12.4 Å². The lowest BCUT2D eigenvalue weighted by molar-refractivity contribution is 0.485. The quantitative estimate of drug-likeness (QED) is 0.696. The maximum atomic E-state index is 11.8. The fourth-order valence-corrected chi connectivity index (χ4v) is 2.53. The number of nitrogen functional groups attached to an aromatic ring is 1. The van der Waals surface area contributed by atoms with E-state index in [0.717, 1.165) is 0 Å². The van der Waals surface area contributed by atoms with Crippen LogP contribution in [-0.4, -0.2) is 8.42 Å². The highest BCUT2D eigenvalue weighted by Gasteiger charge is 2.13. The molecule has 0 spiro atoms. The molecule has 4 nitrogen and oxygen atoms in total. The van der Waals surface area contributed by atoms with Gasteiger partial charge in [-0.2, -0.15) is 8.42 Å². The number of hydrogen-bond acceptors (Lipinski definition) is 4. The van der Waals surface area contributed by atoms with Gasteiger partial charge in [0.05, 0.1) is 0 Å². The minimum atomic E-state index is -3.64. The Hall–Kier alpha value is -1.72. The second-order valence-electron chi connectivity index (χ2n) is 3.84. The Morgan fingerprint density at radius 1 is 0.947 bits per heavy atom. The summed E-state index contributed by atoms with van der Waals surface area (Å²) < 4.78 is 28.6. The molecule has 6 heteroatoms. The summed E-state index contributed by atoms with van der Waals surface area (Å²) in [6.45, 7) is 0. The van der Waals surface area contributed by atoms with E-state index in [-0.39, 0.29) is 18.2 Å². The standard InChI is InChI=1S/C13H13NO3S.ClH/c14-12-8-6-11(7-9-12)10-18(15,16)17-13-4-2-1-3-5-13;/h1-9H,10,14H2;1H. The van der Waals surface area contributed by atoms with Crippen molar-refractivity contribution < 1.29 is 12.6 Å². The second-order valence-corrected chi connectivity index (χ2v) is 5.41. The van der Waals surface area contributed by atoms with Gasteiger partial charge in [-0.05, 0) is 29.8 Å². The Bertz CT molecular complexity index is 612. The number of benzene rings is 2. The number of hydrogen-bond donors (Lipinski definition) is 1. The maximum Gasteiger partial charge on any atom is 0.313 e. The van der Waals surface area contributed by atoms with Crippen molar-refractivity contribution in [1.29, 1.82) is 0 Å². The average molecular weight is 300 g/mol. The summed E-state index contributed by atoms with van der Waals surface area (Å²) in [5.74, 6) is 0.135. The molecule has 0 saturated heterocycles. The fourth-order valence-electron chi connectivity index (χ4n) is 1.47. The number of rotatable bonds is 4. The molecule has 0 aliphatic rings. The zero-order valence-corrected chi connectivity index (χ0v) is 11.7. The summed E-state index contributed by atoms with van der Waals surface area (Å²) in [5.41, 5.74) is 6.77. The third-order valence-electron chi connectivity index (χ3n) is 2.29. The fraction of sp³-hybridized carbons (Fsp3) is 0.0769. The van der Waals surface area contributed by atoms with Gasteiger partial charge < -0.3 is 9.92 Å². The molecular weight excluding hydrogens is 286 g/mol. The maximum absolute atomic E-state index is 11.8. The molecule has 2 aromatic rings. The first kappa shape index (κ1) is 15.3. The lowest BCUT2D eigenvalue weighted by Gasteiger charge is -2.07. The molecule has 0 fully saturated rings. The van der Waals surface area contributed by atoms with Crippen molar-refractivity contribution in [1.82, 2.24) is 0 Å². The Morgan fingerprint density at radius 2 is 1.53 bits per heavy atom. The van der Waals surface area contributed by atoms with Gasteiger partial charge >= 0.3 is 10.1 Å². The van der Waals surface area contributed by atoms with E-state index in [2.05, 4.69) is 0 Å². The molecule has 19 heavy (non-hydrogen) atoms. The first-order valence-corrected chi connectivity index (χ1v) is 6.94. The molecule has 0 unspecified atom stereocenters. The van der Waals surface area contributed by atoms with Crippen molar-refractivity contribution >= 4 is 28.2 Å². The number of anilines is 1. The number of nitrogens with two attached hydrogens (primary N) is 1. The average Bonchev–Trinajstić information content (AvgIpc) is 2.32. The molecule has 2 N–H and O–H groups in total. The van der Waals surface area contributed by atoms with Crippen molar-refractivity contribution in [2.75, 3.05) is 5.73 Å². The van der Waals surface area contributed by atoms with E-state index >= 15 is 0 Å². The zero-order valence-electron chi connectivity index (χ0n) is 10.0. The highest BCUT2D eigenvalue weighted by atomic mass is 35.5. The largest absolute Gasteiger partial charge is 0.399 e. The SMILES string of the molecule is Cl.Nc1ccc(CS(=O)(=O)Oc2ccccc2)cc1. The van der Waals surface area contributed by atoms with Crippen molar-refractivity contribution in [2.24, 2.45) is 0 Å². The first-order valence-electron chi connectivity index (χ1n) is 5.37. The normalized spacial score (nSPS) is 10.5. The Morgan fingerprint density at radius 3 is 2.11 bits per heavy atom. The second kappa shape index (κ2) is 6.45. The summed E-state index contributed by atoms with van der Waals surface area (Å²) in [7, 11) is -3.64. The van der Waals surface area contributed by atoms with Crippen LogP contribution in [0.4, 0.5) is 5.69 Å². The molecule has 102 valence electrons. The van der Waals surface area contributed by atoms with Gasteiger partial charge in [-0.25, -0.2) is 0 Å². The molecule has 0 amide bonds. The van der Waals surface area contributed by atoms with Gasteiger partial charge in [-0.1, -0.05) is 30.3 Å². The summed E-state index contributed by atoms with van der Waals surface area (Å²) in [4.78, 5) is 0.